The molecule has 0 amide bonds. The number of rotatable bonds is 8. The Balaban J connectivity index is 2.45. The lowest BCUT2D eigenvalue weighted by Gasteiger charge is -2.27. The molecule has 1 rings (SSSR count). The molecule has 0 heterocycles. The van der Waals surface area contributed by atoms with Crippen molar-refractivity contribution in [1.82, 2.24) is 5.32 Å². The molecule has 0 aromatic carbocycles. The number of hydrogen-bond donors (Lipinski definition) is 1. The molecule has 1 fully saturated rings. The van der Waals surface area contributed by atoms with E-state index >= 15 is 0 Å². The second-order valence-corrected chi connectivity index (χ2v) is 6.03. The van der Waals surface area contributed by atoms with Crippen molar-refractivity contribution >= 4 is 0 Å². The first-order chi connectivity index (χ1) is 8.48. The number of hydrogen-bond acceptors (Lipinski definition) is 1. The van der Waals surface area contributed by atoms with Gasteiger partial charge in [0.1, 0.15) is 0 Å². The van der Waals surface area contributed by atoms with Gasteiger partial charge in [-0.3, -0.25) is 0 Å². The Bertz CT molecular complexity index is 231. The summed E-state index contributed by atoms with van der Waals surface area (Å²) in [5, 5.41) is 3.56. The van der Waals surface area contributed by atoms with E-state index in [2.05, 4.69) is 26.1 Å². The molecule has 0 aromatic rings. The van der Waals surface area contributed by atoms with E-state index in [0.717, 1.165) is 19.4 Å². The van der Waals surface area contributed by atoms with Crippen LogP contribution in [0.1, 0.15) is 65.7 Å². The maximum absolute atomic E-state index is 13.2. The zero-order chi connectivity index (χ0) is 13.6. The van der Waals surface area contributed by atoms with Crippen LogP contribution in [0.2, 0.25) is 0 Å². The molecule has 3 unspecified atom stereocenters. The van der Waals surface area contributed by atoms with Crippen LogP contribution in [0.15, 0.2) is 0 Å². The number of alkyl halides is 2. The first kappa shape index (κ1) is 15.9. The third-order valence-corrected chi connectivity index (χ3v) is 4.18. The third kappa shape index (κ3) is 5.21. The lowest BCUT2D eigenvalue weighted by molar-refractivity contribution is 0.00403. The summed E-state index contributed by atoms with van der Waals surface area (Å²) in [5.74, 6) is -1.59. The third-order valence-electron chi connectivity index (χ3n) is 4.18. The Morgan fingerprint density at radius 1 is 1.28 bits per heavy atom. The Labute approximate surface area is 111 Å². The van der Waals surface area contributed by atoms with Gasteiger partial charge in [0.25, 0.3) is 0 Å². The molecule has 1 nitrogen and oxygen atoms in total. The summed E-state index contributed by atoms with van der Waals surface area (Å²) in [6, 6.07) is 0.420. The van der Waals surface area contributed by atoms with Crippen LogP contribution < -0.4 is 5.32 Å². The van der Waals surface area contributed by atoms with Crippen LogP contribution in [0.5, 0.6) is 0 Å². The van der Waals surface area contributed by atoms with Gasteiger partial charge in [0.15, 0.2) is 0 Å². The van der Waals surface area contributed by atoms with Crippen molar-refractivity contribution in [3.8, 4) is 0 Å². The fraction of sp³-hybridized carbons (Fsp3) is 1.00. The molecule has 0 aliphatic heterocycles. The fourth-order valence-corrected chi connectivity index (χ4v) is 3.11. The molecule has 3 heteroatoms. The van der Waals surface area contributed by atoms with Crippen LogP contribution in [-0.4, -0.2) is 18.5 Å². The number of halogens is 2. The first-order valence-electron chi connectivity index (χ1n) is 7.59. The Morgan fingerprint density at radius 2 is 2.00 bits per heavy atom. The van der Waals surface area contributed by atoms with E-state index in [4.69, 9.17) is 0 Å². The SMILES string of the molecule is CCCNC(CC1CCC(F)(F)C1)C(C)CCC. The van der Waals surface area contributed by atoms with Crippen LogP contribution >= 0.6 is 0 Å². The minimum atomic E-state index is -2.39. The molecule has 108 valence electrons. The number of nitrogens with one attached hydrogen (secondary N) is 1. The smallest absolute Gasteiger partial charge is 0.248 e. The maximum Gasteiger partial charge on any atom is 0.248 e. The van der Waals surface area contributed by atoms with E-state index < -0.39 is 5.92 Å². The molecule has 1 saturated carbocycles. The van der Waals surface area contributed by atoms with Crippen molar-refractivity contribution in [2.75, 3.05) is 6.54 Å². The van der Waals surface area contributed by atoms with E-state index in [-0.39, 0.29) is 18.8 Å². The van der Waals surface area contributed by atoms with Crippen molar-refractivity contribution in [3.05, 3.63) is 0 Å². The summed E-state index contributed by atoms with van der Waals surface area (Å²) < 4.78 is 26.5. The summed E-state index contributed by atoms with van der Waals surface area (Å²) in [4.78, 5) is 0. The van der Waals surface area contributed by atoms with E-state index in [1.807, 2.05) is 0 Å². The molecule has 0 saturated heterocycles. The molecular formula is C15H29F2N. The standard InChI is InChI=1S/C15H29F2N/c1-4-6-12(3)14(18-9-5-2)10-13-7-8-15(16,17)11-13/h12-14,18H,4-11H2,1-3H3. The Kier molecular flexibility index (Phi) is 6.54. The normalized spacial score (nSPS) is 26.2. The zero-order valence-electron chi connectivity index (χ0n) is 12.1. The van der Waals surface area contributed by atoms with Gasteiger partial charge in [-0.15, -0.1) is 0 Å². The highest BCUT2D eigenvalue weighted by molar-refractivity contribution is 4.85. The second kappa shape index (κ2) is 7.42. The molecule has 0 spiro atoms. The molecule has 1 N–H and O–H groups in total. The molecule has 0 aromatic heterocycles. The van der Waals surface area contributed by atoms with Crippen LogP contribution in [0.4, 0.5) is 8.78 Å². The van der Waals surface area contributed by atoms with Gasteiger partial charge in [-0.05, 0) is 44.1 Å². The lowest BCUT2D eigenvalue weighted by Crippen LogP contribution is -2.37. The van der Waals surface area contributed by atoms with Crippen molar-refractivity contribution in [3.63, 3.8) is 0 Å². The first-order valence-corrected chi connectivity index (χ1v) is 7.59. The lowest BCUT2D eigenvalue weighted by atomic mass is 9.88. The Hall–Kier alpha value is -0.180. The average Bonchev–Trinajstić information content (AvgIpc) is 2.64. The van der Waals surface area contributed by atoms with Crippen molar-refractivity contribution in [2.45, 2.75) is 77.7 Å². The average molecular weight is 261 g/mol. The highest BCUT2D eigenvalue weighted by Gasteiger charge is 2.40. The quantitative estimate of drug-likeness (QED) is 0.672. The van der Waals surface area contributed by atoms with Crippen molar-refractivity contribution < 1.29 is 8.78 Å². The predicted molar refractivity (Wildman–Crippen MR) is 73.1 cm³/mol. The highest BCUT2D eigenvalue weighted by atomic mass is 19.3. The summed E-state index contributed by atoms with van der Waals surface area (Å²) >= 11 is 0. The summed E-state index contributed by atoms with van der Waals surface area (Å²) in [7, 11) is 0. The summed E-state index contributed by atoms with van der Waals surface area (Å²) in [5.41, 5.74) is 0. The molecule has 1 aliphatic rings. The second-order valence-electron chi connectivity index (χ2n) is 6.03. The van der Waals surface area contributed by atoms with Gasteiger partial charge in [0, 0.05) is 18.9 Å². The topological polar surface area (TPSA) is 12.0 Å². The van der Waals surface area contributed by atoms with Crippen molar-refractivity contribution in [2.24, 2.45) is 11.8 Å². The summed E-state index contributed by atoms with van der Waals surface area (Å²) in [6.07, 6.45) is 5.30. The predicted octanol–water partition coefficient (Wildman–Crippen LogP) is 4.62. The van der Waals surface area contributed by atoms with Gasteiger partial charge in [-0.1, -0.05) is 27.2 Å². The minimum absolute atomic E-state index is 0.0975. The van der Waals surface area contributed by atoms with Crippen LogP contribution in [0.3, 0.4) is 0 Å². The Morgan fingerprint density at radius 3 is 2.50 bits per heavy atom. The molecule has 1 aliphatic carbocycles. The molecular weight excluding hydrogens is 232 g/mol. The molecule has 3 atom stereocenters. The van der Waals surface area contributed by atoms with Crippen LogP contribution in [0.25, 0.3) is 0 Å². The van der Waals surface area contributed by atoms with Gasteiger partial charge in [-0.25, -0.2) is 8.78 Å². The minimum Gasteiger partial charge on any atom is -0.314 e. The monoisotopic (exact) mass is 261 g/mol. The van der Waals surface area contributed by atoms with E-state index in [1.165, 1.54) is 12.8 Å². The summed E-state index contributed by atoms with van der Waals surface area (Å²) in [6.45, 7) is 7.60. The zero-order valence-corrected chi connectivity index (χ0v) is 12.1. The van der Waals surface area contributed by atoms with E-state index in [0.29, 0.717) is 18.4 Å². The molecule has 18 heavy (non-hydrogen) atoms. The van der Waals surface area contributed by atoms with Crippen LogP contribution in [0, 0.1) is 11.8 Å². The van der Waals surface area contributed by atoms with Gasteiger partial charge in [0.2, 0.25) is 5.92 Å². The van der Waals surface area contributed by atoms with Gasteiger partial charge in [0.05, 0.1) is 0 Å². The van der Waals surface area contributed by atoms with Gasteiger partial charge in [-0.2, -0.15) is 0 Å². The fourth-order valence-electron chi connectivity index (χ4n) is 3.11. The maximum atomic E-state index is 13.2. The van der Waals surface area contributed by atoms with Gasteiger partial charge >= 0.3 is 0 Å². The molecule has 0 bridgehead atoms. The van der Waals surface area contributed by atoms with E-state index in [9.17, 15) is 8.78 Å². The van der Waals surface area contributed by atoms with Crippen LogP contribution in [-0.2, 0) is 0 Å². The largest absolute Gasteiger partial charge is 0.314 e. The van der Waals surface area contributed by atoms with Crippen molar-refractivity contribution in [1.29, 1.82) is 0 Å². The molecule has 0 radical (unpaired) electrons. The van der Waals surface area contributed by atoms with Gasteiger partial charge < -0.3 is 5.32 Å². The highest BCUT2D eigenvalue weighted by Crippen LogP contribution is 2.41. The van der Waals surface area contributed by atoms with E-state index in [1.54, 1.807) is 0 Å².